The second-order valence-electron chi connectivity index (χ2n) is 10.9. The van der Waals surface area contributed by atoms with Crippen LogP contribution in [-0.4, -0.2) is 64.5 Å². The van der Waals surface area contributed by atoms with Gasteiger partial charge in [-0.3, -0.25) is 9.11 Å². The van der Waals surface area contributed by atoms with Crippen molar-refractivity contribution in [1.82, 2.24) is 0 Å². The number of fused-ring (bicyclic) bond motifs is 3. The van der Waals surface area contributed by atoms with Crippen molar-refractivity contribution in [2.75, 3.05) is 26.3 Å². The molecular weight excluding hydrogens is 649 g/mol. The number of ether oxygens (including phenoxy) is 4. The van der Waals surface area contributed by atoms with Crippen LogP contribution in [0.2, 0.25) is 0 Å². The van der Waals surface area contributed by atoms with E-state index < -0.39 is 42.2 Å². The summed E-state index contributed by atoms with van der Waals surface area (Å²) in [6.45, 7) is 0.448. The standard InChI is InChI=1S/C33H36N2O10S2/c34-20-26(44-24-7-3-1-4-8-24)11-13-42-30-16-22-15-23-17-31(43-14-12-27(21-35)45-25-9-5-2-6-10-25)33(47(39,40)41)19-29(23)28(22)18-32(30)46(36,37)38/h1-10,16-19,26-27H,11-15,20-21,34-35H2,(H,36,37,38)(H,39,40,41). The molecule has 1 aliphatic rings. The first kappa shape index (κ1) is 34.2. The monoisotopic (exact) mass is 684 g/mol. The van der Waals surface area contributed by atoms with E-state index in [1.165, 1.54) is 24.3 Å². The van der Waals surface area contributed by atoms with Crippen molar-refractivity contribution in [2.45, 2.75) is 41.3 Å². The number of hydrogen-bond acceptors (Lipinski definition) is 10. The van der Waals surface area contributed by atoms with Crippen molar-refractivity contribution in [1.29, 1.82) is 0 Å². The Bertz CT molecular complexity index is 1770. The lowest BCUT2D eigenvalue weighted by atomic mass is 10.1. The van der Waals surface area contributed by atoms with E-state index in [1.807, 2.05) is 36.4 Å². The molecule has 1 aliphatic carbocycles. The van der Waals surface area contributed by atoms with E-state index in [0.29, 0.717) is 46.6 Å². The van der Waals surface area contributed by atoms with Crippen molar-refractivity contribution in [3.63, 3.8) is 0 Å². The van der Waals surface area contributed by atoms with Crippen LogP contribution in [0.1, 0.15) is 24.0 Å². The number of hydrogen-bond donors (Lipinski definition) is 4. The van der Waals surface area contributed by atoms with Crippen molar-refractivity contribution in [3.05, 3.63) is 96.1 Å². The number of para-hydroxylation sites is 2. The maximum Gasteiger partial charge on any atom is 0.298 e. The van der Waals surface area contributed by atoms with Gasteiger partial charge in [0, 0.05) is 25.9 Å². The van der Waals surface area contributed by atoms with Crippen LogP contribution >= 0.6 is 0 Å². The third-order valence-corrected chi connectivity index (χ3v) is 9.33. The average Bonchev–Trinajstić information content (AvgIpc) is 3.39. The van der Waals surface area contributed by atoms with Gasteiger partial charge in [-0.25, -0.2) is 0 Å². The van der Waals surface area contributed by atoms with Gasteiger partial charge in [-0.1, -0.05) is 36.4 Å². The molecule has 47 heavy (non-hydrogen) atoms. The van der Waals surface area contributed by atoms with E-state index in [-0.39, 0.29) is 44.2 Å². The highest BCUT2D eigenvalue weighted by Crippen LogP contribution is 2.44. The minimum Gasteiger partial charge on any atom is -0.492 e. The Morgan fingerprint density at radius 2 is 1.00 bits per heavy atom. The summed E-state index contributed by atoms with van der Waals surface area (Å²) in [6, 6.07) is 23.6. The van der Waals surface area contributed by atoms with Gasteiger partial charge in [-0.2, -0.15) is 16.8 Å². The van der Waals surface area contributed by atoms with Crippen LogP contribution in [-0.2, 0) is 26.7 Å². The van der Waals surface area contributed by atoms with E-state index in [2.05, 4.69) is 0 Å². The average molecular weight is 685 g/mol. The van der Waals surface area contributed by atoms with Gasteiger partial charge in [0.15, 0.2) is 0 Å². The topological polar surface area (TPSA) is 198 Å². The van der Waals surface area contributed by atoms with Crippen LogP contribution in [0.4, 0.5) is 0 Å². The molecule has 0 saturated carbocycles. The molecule has 14 heteroatoms. The maximum atomic E-state index is 12.4. The Morgan fingerprint density at radius 3 is 1.34 bits per heavy atom. The van der Waals surface area contributed by atoms with Gasteiger partial charge in [0.2, 0.25) is 0 Å². The van der Waals surface area contributed by atoms with Crippen LogP contribution in [0.3, 0.4) is 0 Å². The number of benzene rings is 4. The molecule has 250 valence electrons. The van der Waals surface area contributed by atoms with Gasteiger partial charge in [0.25, 0.3) is 20.2 Å². The van der Waals surface area contributed by atoms with Crippen LogP contribution < -0.4 is 30.4 Å². The highest BCUT2D eigenvalue weighted by atomic mass is 32.2. The molecule has 0 spiro atoms. The molecule has 5 rings (SSSR count). The van der Waals surface area contributed by atoms with Gasteiger partial charge in [-0.15, -0.1) is 0 Å². The third-order valence-electron chi connectivity index (χ3n) is 7.58. The molecule has 0 heterocycles. The van der Waals surface area contributed by atoms with Crippen molar-refractivity contribution < 1.29 is 44.9 Å². The summed E-state index contributed by atoms with van der Waals surface area (Å²) in [5.74, 6) is 1.10. The number of rotatable bonds is 16. The van der Waals surface area contributed by atoms with Crippen LogP contribution in [0.25, 0.3) is 11.1 Å². The fourth-order valence-electron chi connectivity index (χ4n) is 5.27. The van der Waals surface area contributed by atoms with Gasteiger partial charge in [-0.05, 0) is 77.2 Å². The molecule has 12 nitrogen and oxygen atoms in total. The first-order chi connectivity index (χ1) is 22.5. The van der Waals surface area contributed by atoms with Crippen molar-refractivity contribution >= 4 is 20.2 Å². The lowest BCUT2D eigenvalue weighted by Crippen LogP contribution is -2.28. The normalized spacial score (nSPS) is 13.7. The van der Waals surface area contributed by atoms with E-state index >= 15 is 0 Å². The van der Waals surface area contributed by atoms with Crippen LogP contribution in [0, 0.1) is 0 Å². The van der Waals surface area contributed by atoms with Crippen LogP contribution in [0.15, 0.2) is 94.7 Å². The largest absolute Gasteiger partial charge is 0.492 e. The summed E-state index contributed by atoms with van der Waals surface area (Å²) in [7, 11) is -9.50. The molecule has 0 aliphatic heterocycles. The zero-order valence-electron chi connectivity index (χ0n) is 25.3. The summed E-state index contributed by atoms with van der Waals surface area (Å²) in [5, 5.41) is 0. The Hall–Kier alpha value is -4.18. The van der Waals surface area contributed by atoms with E-state index in [1.54, 1.807) is 24.3 Å². The van der Waals surface area contributed by atoms with Gasteiger partial charge >= 0.3 is 0 Å². The zero-order chi connectivity index (χ0) is 33.6. The van der Waals surface area contributed by atoms with Crippen LogP contribution in [0.5, 0.6) is 23.0 Å². The first-order valence-electron chi connectivity index (χ1n) is 14.8. The Balaban J connectivity index is 1.35. The Kier molecular flexibility index (Phi) is 10.7. The van der Waals surface area contributed by atoms with Crippen molar-refractivity contribution in [3.8, 4) is 34.1 Å². The molecular formula is C33H36N2O10S2. The van der Waals surface area contributed by atoms with Gasteiger partial charge in [0.1, 0.15) is 45.0 Å². The van der Waals surface area contributed by atoms with E-state index in [4.69, 9.17) is 30.4 Å². The summed E-state index contributed by atoms with van der Waals surface area (Å²) in [4.78, 5) is -0.977. The molecule has 2 atom stereocenters. The fraction of sp³-hybridized carbons (Fsp3) is 0.273. The molecule has 4 aromatic carbocycles. The molecule has 0 fully saturated rings. The minimum absolute atomic E-state index is 0.0334. The molecule has 2 unspecified atom stereocenters. The maximum absolute atomic E-state index is 12.4. The summed E-state index contributed by atoms with van der Waals surface area (Å²) in [5.41, 5.74) is 13.7. The molecule has 4 aromatic rings. The number of nitrogens with two attached hydrogens (primary N) is 2. The van der Waals surface area contributed by atoms with Crippen molar-refractivity contribution in [2.24, 2.45) is 11.5 Å². The first-order valence-corrected chi connectivity index (χ1v) is 17.7. The lowest BCUT2D eigenvalue weighted by molar-refractivity contribution is 0.166. The highest BCUT2D eigenvalue weighted by Gasteiger charge is 2.29. The highest BCUT2D eigenvalue weighted by molar-refractivity contribution is 7.86. The Morgan fingerprint density at radius 1 is 0.617 bits per heavy atom. The smallest absolute Gasteiger partial charge is 0.298 e. The SMILES string of the molecule is NCC(CCOc1cc2c(cc1S(=O)(=O)O)-c1cc(S(=O)(=O)O)c(OCCC(CN)Oc3ccccc3)cc1C2)Oc1ccccc1. The summed E-state index contributed by atoms with van der Waals surface area (Å²) in [6.07, 6.45) is 0.112. The molecule has 0 aromatic heterocycles. The molecule has 0 amide bonds. The third kappa shape index (κ3) is 8.60. The van der Waals surface area contributed by atoms with E-state index in [9.17, 15) is 25.9 Å². The molecule has 0 radical (unpaired) electrons. The molecule has 6 N–H and O–H groups in total. The predicted molar refractivity (Wildman–Crippen MR) is 174 cm³/mol. The summed E-state index contributed by atoms with van der Waals surface area (Å²) >= 11 is 0. The van der Waals surface area contributed by atoms with E-state index in [0.717, 1.165) is 0 Å². The lowest BCUT2D eigenvalue weighted by Gasteiger charge is -2.19. The summed E-state index contributed by atoms with van der Waals surface area (Å²) < 4.78 is 93.2. The molecule has 0 saturated heterocycles. The minimum atomic E-state index is -4.75. The quantitative estimate of drug-likeness (QED) is 0.109. The van der Waals surface area contributed by atoms with Gasteiger partial charge < -0.3 is 30.4 Å². The second kappa shape index (κ2) is 14.7. The fourth-order valence-corrected chi connectivity index (χ4v) is 6.54. The zero-order valence-corrected chi connectivity index (χ0v) is 27.0. The van der Waals surface area contributed by atoms with Gasteiger partial charge in [0.05, 0.1) is 13.2 Å². The second-order valence-corrected chi connectivity index (χ2v) is 13.7. The molecule has 0 bridgehead atoms. The predicted octanol–water partition coefficient (Wildman–Crippen LogP) is 4.10. The Labute approximate surface area is 273 Å².